The number of carbonyl (C=O) groups excluding carboxylic acids is 1. The van der Waals surface area contributed by atoms with Crippen molar-refractivity contribution in [2.75, 3.05) is 4.90 Å². The van der Waals surface area contributed by atoms with Crippen LogP contribution in [0, 0.1) is 6.92 Å². The largest absolute Gasteiger partial charge is 0.270 e. The molecule has 1 saturated heterocycles. The van der Waals surface area contributed by atoms with Crippen LogP contribution in [0.4, 0.5) is 5.69 Å². The first-order valence-corrected chi connectivity index (χ1v) is 8.01. The summed E-state index contributed by atoms with van der Waals surface area (Å²) in [6, 6.07) is 9.44. The molecule has 6 heteroatoms. The van der Waals surface area contributed by atoms with E-state index in [1.54, 1.807) is 22.3 Å². The predicted octanol–water partition coefficient (Wildman–Crippen LogP) is 3.86. The number of thioether (sulfide) groups is 1. The Morgan fingerprint density at radius 3 is 2.70 bits per heavy atom. The second-order valence-corrected chi connectivity index (χ2v) is 6.88. The van der Waals surface area contributed by atoms with Crippen LogP contribution >= 0.6 is 35.3 Å². The maximum absolute atomic E-state index is 12.5. The lowest BCUT2D eigenvalue weighted by molar-refractivity contribution is -0.113. The van der Waals surface area contributed by atoms with Gasteiger partial charge >= 0.3 is 0 Å². The third-order valence-corrected chi connectivity index (χ3v) is 4.82. The summed E-state index contributed by atoms with van der Waals surface area (Å²) in [4.78, 5) is 19.0. The maximum atomic E-state index is 12.5. The molecule has 0 saturated carbocycles. The van der Waals surface area contributed by atoms with E-state index in [1.807, 2.05) is 42.6 Å². The van der Waals surface area contributed by atoms with Gasteiger partial charge in [0.2, 0.25) is 0 Å². The summed E-state index contributed by atoms with van der Waals surface area (Å²) in [5, 5.41) is 2.92. The van der Waals surface area contributed by atoms with E-state index in [1.165, 1.54) is 11.8 Å². The van der Waals surface area contributed by atoms with Crippen molar-refractivity contribution in [1.82, 2.24) is 4.98 Å². The van der Waals surface area contributed by atoms with Crippen LogP contribution in [0.5, 0.6) is 0 Å². The van der Waals surface area contributed by atoms with Gasteiger partial charge in [-0.1, -0.05) is 42.2 Å². The number of para-hydroxylation sites is 1. The summed E-state index contributed by atoms with van der Waals surface area (Å²) in [5.41, 5.74) is 1.61. The zero-order chi connectivity index (χ0) is 14.1. The second kappa shape index (κ2) is 5.47. The van der Waals surface area contributed by atoms with Gasteiger partial charge in [-0.2, -0.15) is 0 Å². The number of rotatable bonds is 2. The summed E-state index contributed by atoms with van der Waals surface area (Å²) >= 11 is 8.19. The average molecular weight is 318 g/mol. The van der Waals surface area contributed by atoms with Crippen LogP contribution in [0.15, 0.2) is 40.6 Å². The molecule has 0 unspecified atom stereocenters. The summed E-state index contributed by atoms with van der Waals surface area (Å²) in [6.45, 7) is 1.94. The molecule has 1 aromatic heterocycles. The van der Waals surface area contributed by atoms with E-state index in [0.717, 1.165) is 16.4 Å². The maximum Gasteiger partial charge on any atom is 0.270 e. The molecule has 3 nitrogen and oxygen atoms in total. The number of aromatic nitrogens is 1. The van der Waals surface area contributed by atoms with E-state index < -0.39 is 0 Å². The Labute approximate surface area is 130 Å². The zero-order valence-electron chi connectivity index (χ0n) is 10.6. The fraction of sp³-hybridized carbons (Fsp3) is 0.0714. The van der Waals surface area contributed by atoms with Crippen molar-refractivity contribution >= 4 is 57.3 Å². The lowest BCUT2D eigenvalue weighted by Gasteiger charge is -2.13. The topological polar surface area (TPSA) is 33.2 Å². The van der Waals surface area contributed by atoms with Crippen LogP contribution in [0.3, 0.4) is 0 Å². The van der Waals surface area contributed by atoms with Gasteiger partial charge < -0.3 is 0 Å². The van der Waals surface area contributed by atoms with Gasteiger partial charge in [0.05, 0.1) is 21.3 Å². The molecule has 1 aliphatic heterocycles. The van der Waals surface area contributed by atoms with Gasteiger partial charge in [-0.25, -0.2) is 4.98 Å². The van der Waals surface area contributed by atoms with Crippen LogP contribution in [-0.2, 0) is 4.79 Å². The number of hydrogen-bond donors (Lipinski definition) is 0. The zero-order valence-corrected chi connectivity index (χ0v) is 13.0. The second-order valence-electron chi connectivity index (χ2n) is 4.14. The first-order chi connectivity index (χ1) is 9.65. The lowest BCUT2D eigenvalue weighted by Crippen LogP contribution is -2.27. The molecule has 2 aromatic rings. The highest BCUT2D eigenvalue weighted by Gasteiger charge is 2.33. The Balaban J connectivity index is 1.93. The molecular weight excluding hydrogens is 308 g/mol. The highest BCUT2D eigenvalue weighted by atomic mass is 32.2. The van der Waals surface area contributed by atoms with Crippen molar-refractivity contribution in [3.05, 3.63) is 51.3 Å². The molecule has 1 fully saturated rings. The molecule has 3 rings (SSSR count). The molecule has 0 atom stereocenters. The first kappa shape index (κ1) is 13.5. The summed E-state index contributed by atoms with van der Waals surface area (Å²) < 4.78 is 0.555. The molecule has 100 valence electrons. The number of hydrogen-bond acceptors (Lipinski definition) is 5. The minimum absolute atomic E-state index is 0.0862. The van der Waals surface area contributed by atoms with Crippen molar-refractivity contribution in [2.45, 2.75) is 6.92 Å². The first-order valence-electron chi connectivity index (χ1n) is 5.90. The van der Waals surface area contributed by atoms with E-state index in [-0.39, 0.29) is 5.91 Å². The quantitative estimate of drug-likeness (QED) is 0.622. The predicted molar refractivity (Wildman–Crippen MR) is 88.9 cm³/mol. The number of carbonyl (C=O) groups is 1. The van der Waals surface area contributed by atoms with Crippen LogP contribution in [0.25, 0.3) is 6.08 Å². The van der Waals surface area contributed by atoms with Crippen LogP contribution in [0.2, 0.25) is 0 Å². The highest BCUT2D eigenvalue weighted by molar-refractivity contribution is 8.27. The number of thiazole rings is 1. The van der Waals surface area contributed by atoms with E-state index in [2.05, 4.69) is 4.98 Å². The van der Waals surface area contributed by atoms with E-state index >= 15 is 0 Å². The van der Waals surface area contributed by atoms with Gasteiger partial charge in [-0.15, -0.1) is 11.3 Å². The van der Waals surface area contributed by atoms with E-state index in [4.69, 9.17) is 12.2 Å². The molecule has 1 amide bonds. The number of nitrogens with zero attached hydrogens (tertiary/aromatic N) is 2. The Bertz CT molecular complexity index is 706. The number of aryl methyl sites for hydroxylation is 1. The Hall–Kier alpha value is -1.50. The molecule has 0 aliphatic carbocycles. The third-order valence-electron chi connectivity index (χ3n) is 2.72. The van der Waals surface area contributed by atoms with Crippen molar-refractivity contribution in [1.29, 1.82) is 0 Å². The van der Waals surface area contributed by atoms with E-state index in [0.29, 0.717) is 9.23 Å². The fourth-order valence-corrected chi connectivity index (χ4v) is 3.70. The van der Waals surface area contributed by atoms with E-state index in [9.17, 15) is 4.79 Å². The van der Waals surface area contributed by atoms with Gasteiger partial charge in [0, 0.05) is 5.38 Å². The van der Waals surface area contributed by atoms with Gasteiger partial charge in [-0.05, 0) is 25.1 Å². The molecule has 1 aromatic carbocycles. The van der Waals surface area contributed by atoms with Crippen molar-refractivity contribution in [3.8, 4) is 0 Å². The van der Waals surface area contributed by atoms with Crippen LogP contribution in [-0.4, -0.2) is 15.2 Å². The number of thiocarbonyl (C=S) groups is 1. The molecule has 1 aliphatic rings. The summed E-state index contributed by atoms with van der Waals surface area (Å²) in [5.74, 6) is -0.0862. The van der Waals surface area contributed by atoms with Gasteiger partial charge in [0.15, 0.2) is 4.32 Å². The Morgan fingerprint density at radius 1 is 1.30 bits per heavy atom. The highest BCUT2D eigenvalue weighted by Crippen LogP contribution is 2.35. The number of anilines is 1. The van der Waals surface area contributed by atoms with Gasteiger partial charge in [-0.3, -0.25) is 9.69 Å². The molecule has 0 N–H and O–H groups in total. The molecule has 2 heterocycles. The molecule has 0 bridgehead atoms. The average Bonchev–Trinajstić information content (AvgIpc) is 2.96. The normalized spacial score (nSPS) is 17.2. The number of amides is 1. The third kappa shape index (κ3) is 2.54. The molecule has 0 spiro atoms. The fourth-order valence-electron chi connectivity index (χ4n) is 1.85. The lowest BCUT2D eigenvalue weighted by atomic mass is 10.3. The number of benzene rings is 1. The minimum Gasteiger partial charge on any atom is -0.268 e. The Morgan fingerprint density at radius 2 is 2.05 bits per heavy atom. The SMILES string of the molecule is Cc1nc(/C=C2\SC(=S)N(c3ccccc3)C2=O)cs1. The van der Waals surface area contributed by atoms with Crippen molar-refractivity contribution < 1.29 is 4.79 Å². The smallest absolute Gasteiger partial charge is 0.268 e. The Kier molecular flexibility index (Phi) is 3.69. The molecule has 0 radical (unpaired) electrons. The van der Waals surface area contributed by atoms with Crippen LogP contribution in [0.1, 0.15) is 10.7 Å². The molecular formula is C14H10N2OS3. The van der Waals surface area contributed by atoms with Crippen molar-refractivity contribution in [3.63, 3.8) is 0 Å². The minimum atomic E-state index is -0.0862. The van der Waals surface area contributed by atoms with Crippen LogP contribution < -0.4 is 4.90 Å². The standard InChI is InChI=1S/C14H10N2OS3/c1-9-15-10(8-19-9)7-12-13(17)16(14(18)20-12)11-5-3-2-4-6-11/h2-8H,1H3/b12-7-. The van der Waals surface area contributed by atoms with Crippen molar-refractivity contribution in [2.24, 2.45) is 0 Å². The molecule has 20 heavy (non-hydrogen) atoms. The summed E-state index contributed by atoms with van der Waals surface area (Å²) in [6.07, 6.45) is 1.80. The van der Waals surface area contributed by atoms with Gasteiger partial charge in [0.1, 0.15) is 0 Å². The van der Waals surface area contributed by atoms with Gasteiger partial charge in [0.25, 0.3) is 5.91 Å². The summed E-state index contributed by atoms with van der Waals surface area (Å²) in [7, 11) is 0. The monoisotopic (exact) mass is 318 g/mol.